The van der Waals surface area contributed by atoms with E-state index in [4.69, 9.17) is 0 Å². The number of urea groups is 1. The average Bonchev–Trinajstić information content (AvgIpc) is 2.15. The highest BCUT2D eigenvalue weighted by molar-refractivity contribution is 9.10. The van der Waals surface area contributed by atoms with Crippen molar-refractivity contribution in [1.29, 1.82) is 0 Å². The van der Waals surface area contributed by atoms with Gasteiger partial charge in [-0.1, -0.05) is 28.1 Å². The van der Waals surface area contributed by atoms with Gasteiger partial charge in [-0.3, -0.25) is 0 Å². The zero-order valence-corrected chi connectivity index (χ0v) is 9.60. The van der Waals surface area contributed by atoms with E-state index in [0.29, 0.717) is 13.1 Å². The molecule has 2 N–H and O–H groups in total. The fourth-order valence-corrected chi connectivity index (χ4v) is 1.50. The lowest BCUT2D eigenvalue weighted by Gasteiger charge is -2.05. The van der Waals surface area contributed by atoms with Gasteiger partial charge in [0.1, 0.15) is 0 Å². The minimum atomic E-state index is -0.132. The number of halogens is 1. The van der Waals surface area contributed by atoms with Crippen LogP contribution in [0.2, 0.25) is 0 Å². The summed E-state index contributed by atoms with van der Waals surface area (Å²) in [6.45, 7) is 3.08. The minimum absolute atomic E-state index is 0.132. The fourth-order valence-electron chi connectivity index (χ4n) is 1.05. The van der Waals surface area contributed by atoms with Crippen molar-refractivity contribution < 1.29 is 4.79 Å². The Morgan fingerprint density at radius 3 is 2.86 bits per heavy atom. The number of nitrogens with one attached hydrogen (secondary N) is 2. The number of carbonyl (C=O) groups excluding carboxylic acids is 1. The Morgan fingerprint density at radius 1 is 1.43 bits per heavy atom. The zero-order valence-electron chi connectivity index (χ0n) is 8.01. The fraction of sp³-hybridized carbons (Fsp3) is 0.300. The van der Waals surface area contributed by atoms with Crippen LogP contribution >= 0.6 is 15.9 Å². The summed E-state index contributed by atoms with van der Waals surface area (Å²) in [6.07, 6.45) is 0. The molecule has 0 saturated carbocycles. The van der Waals surface area contributed by atoms with E-state index in [2.05, 4.69) is 26.6 Å². The lowest BCUT2D eigenvalue weighted by atomic mass is 10.2. The van der Waals surface area contributed by atoms with E-state index in [1.807, 2.05) is 31.2 Å². The van der Waals surface area contributed by atoms with E-state index in [1.54, 1.807) is 0 Å². The third-order valence-corrected chi connectivity index (χ3v) is 2.17. The van der Waals surface area contributed by atoms with Crippen molar-refractivity contribution >= 4 is 22.0 Å². The van der Waals surface area contributed by atoms with Crippen molar-refractivity contribution in [3.8, 4) is 0 Å². The third kappa shape index (κ3) is 3.79. The Bertz CT molecular complexity index is 315. The van der Waals surface area contributed by atoms with E-state index in [0.717, 1.165) is 10.0 Å². The summed E-state index contributed by atoms with van der Waals surface area (Å²) < 4.78 is 1.02. The molecule has 0 aliphatic heterocycles. The summed E-state index contributed by atoms with van der Waals surface area (Å²) in [5.74, 6) is 0. The first-order chi connectivity index (χ1) is 6.72. The Morgan fingerprint density at radius 2 is 2.21 bits per heavy atom. The molecule has 0 heterocycles. The van der Waals surface area contributed by atoms with Gasteiger partial charge < -0.3 is 10.6 Å². The third-order valence-electron chi connectivity index (χ3n) is 1.68. The van der Waals surface area contributed by atoms with Gasteiger partial charge in [0.05, 0.1) is 0 Å². The second-order valence-electron chi connectivity index (χ2n) is 2.84. The molecule has 0 unspecified atom stereocenters. The molecule has 14 heavy (non-hydrogen) atoms. The number of benzene rings is 1. The van der Waals surface area contributed by atoms with Gasteiger partial charge in [0.2, 0.25) is 0 Å². The first-order valence-corrected chi connectivity index (χ1v) is 5.28. The summed E-state index contributed by atoms with van der Waals surface area (Å²) in [5.41, 5.74) is 1.07. The zero-order chi connectivity index (χ0) is 10.4. The second-order valence-corrected chi connectivity index (χ2v) is 3.76. The topological polar surface area (TPSA) is 41.1 Å². The van der Waals surface area contributed by atoms with Gasteiger partial charge in [-0.25, -0.2) is 4.79 Å². The smallest absolute Gasteiger partial charge is 0.315 e. The highest BCUT2D eigenvalue weighted by Gasteiger charge is 1.98. The Balaban J connectivity index is 2.41. The molecule has 0 spiro atoms. The van der Waals surface area contributed by atoms with E-state index in [1.165, 1.54) is 0 Å². The van der Waals surface area contributed by atoms with Crippen LogP contribution in [0.5, 0.6) is 0 Å². The van der Waals surface area contributed by atoms with Crippen LogP contribution in [0.25, 0.3) is 0 Å². The summed E-state index contributed by atoms with van der Waals surface area (Å²) in [7, 11) is 0. The molecule has 1 rings (SSSR count). The van der Waals surface area contributed by atoms with E-state index >= 15 is 0 Å². The Hall–Kier alpha value is -1.03. The summed E-state index contributed by atoms with van der Waals surface area (Å²) in [6, 6.07) is 7.71. The maximum absolute atomic E-state index is 11.1. The van der Waals surface area contributed by atoms with Crippen molar-refractivity contribution in [2.24, 2.45) is 0 Å². The lowest BCUT2D eigenvalue weighted by Crippen LogP contribution is -2.34. The van der Waals surface area contributed by atoms with Gasteiger partial charge in [0, 0.05) is 17.6 Å². The number of amides is 2. The van der Waals surface area contributed by atoms with Gasteiger partial charge in [0.25, 0.3) is 0 Å². The first-order valence-electron chi connectivity index (χ1n) is 4.48. The van der Waals surface area contributed by atoms with Gasteiger partial charge in [0.15, 0.2) is 0 Å². The number of hydrogen-bond acceptors (Lipinski definition) is 1. The predicted octanol–water partition coefficient (Wildman–Crippen LogP) is 2.27. The van der Waals surface area contributed by atoms with Gasteiger partial charge >= 0.3 is 6.03 Å². The standard InChI is InChI=1S/C10H13BrN2O/c1-2-12-10(14)13-7-8-4-3-5-9(11)6-8/h3-6H,2,7H2,1H3,(H2,12,13,14). The summed E-state index contributed by atoms with van der Waals surface area (Å²) in [4.78, 5) is 11.1. The van der Waals surface area contributed by atoms with Crippen molar-refractivity contribution in [2.75, 3.05) is 6.54 Å². The van der Waals surface area contributed by atoms with Crippen LogP contribution in [0.15, 0.2) is 28.7 Å². The van der Waals surface area contributed by atoms with Crippen molar-refractivity contribution in [2.45, 2.75) is 13.5 Å². The van der Waals surface area contributed by atoms with Gasteiger partial charge in [-0.15, -0.1) is 0 Å². The van der Waals surface area contributed by atoms with Crippen LogP contribution in [0.1, 0.15) is 12.5 Å². The van der Waals surface area contributed by atoms with Crippen LogP contribution in [0, 0.1) is 0 Å². The molecule has 1 aromatic rings. The highest BCUT2D eigenvalue weighted by atomic mass is 79.9. The van der Waals surface area contributed by atoms with E-state index in [-0.39, 0.29) is 6.03 Å². The number of carbonyl (C=O) groups is 1. The normalized spacial score (nSPS) is 9.57. The quantitative estimate of drug-likeness (QED) is 0.856. The molecule has 76 valence electrons. The van der Waals surface area contributed by atoms with Crippen molar-refractivity contribution in [3.63, 3.8) is 0 Å². The minimum Gasteiger partial charge on any atom is -0.338 e. The SMILES string of the molecule is CCNC(=O)NCc1cccc(Br)c1. The van der Waals surface area contributed by atoms with Crippen molar-refractivity contribution in [1.82, 2.24) is 10.6 Å². The van der Waals surface area contributed by atoms with Crippen molar-refractivity contribution in [3.05, 3.63) is 34.3 Å². The maximum Gasteiger partial charge on any atom is 0.315 e. The molecule has 0 aromatic heterocycles. The van der Waals surface area contributed by atoms with Crippen LogP contribution in [-0.2, 0) is 6.54 Å². The second kappa shape index (κ2) is 5.65. The number of hydrogen-bond donors (Lipinski definition) is 2. The summed E-state index contributed by atoms with van der Waals surface area (Å²) in [5, 5.41) is 5.42. The summed E-state index contributed by atoms with van der Waals surface area (Å²) >= 11 is 3.37. The van der Waals surface area contributed by atoms with Crippen LogP contribution in [-0.4, -0.2) is 12.6 Å². The molecular formula is C10H13BrN2O. The van der Waals surface area contributed by atoms with Gasteiger partial charge in [-0.2, -0.15) is 0 Å². The van der Waals surface area contributed by atoms with Crippen LogP contribution in [0.4, 0.5) is 4.79 Å². The molecule has 0 atom stereocenters. The largest absolute Gasteiger partial charge is 0.338 e. The predicted molar refractivity (Wildman–Crippen MR) is 60.1 cm³/mol. The molecule has 0 fully saturated rings. The molecule has 0 bridgehead atoms. The lowest BCUT2D eigenvalue weighted by molar-refractivity contribution is 0.241. The maximum atomic E-state index is 11.1. The van der Waals surface area contributed by atoms with Crippen LogP contribution < -0.4 is 10.6 Å². The first kappa shape index (κ1) is 11.0. The monoisotopic (exact) mass is 256 g/mol. The Kier molecular flexibility index (Phi) is 4.46. The molecule has 1 aromatic carbocycles. The van der Waals surface area contributed by atoms with Gasteiger partial charge in [-0.05, 0) is 24.6 Å². The molecule has 4 heteroatoms. The molecular weight excluding hydrogens is 244 g/mol. The molecule has 0 saturated heterocycles. The Labute approximate surface area is 92.0 Å². The van der Waals surface area contributed by atoms with Crippen LogP contribution in [0.3, 0.4) is 0 Å². The number of rotatable bonds is 3. The average molecular weight is 257 g/mol. The molecule has 3 nitrogen and oxygen atoms in total. The highest BCUT2D eigenvalue weighted by Crippen LogP contribution is 2.11. The van der Waals surface area contributed by atoms with E-state index < -0.39 is 0 Å². The molecule has 2 amide bonds. The van der Waals surface area contributed by atoms with E-state index in [9.17, 15) is 4.79 Å². The molecule has 0 radical (unpaired) electrons. The molecule has 0 aliphatic carbocycles. The molecule has 0 aliphatic rings.